The van der Waals surface area contributed by atoms with Gasteiger partial charge in [-0.3, -0.25) is 9.59 Å². The van der Waals surface area contributed by atoms with Crippen molar-refractivity contribution in [2.45, 2.75) is 6.04 Å². The van der Waals surface area contributed by atoms with Gasteiger partial charge in [0.15, 0.2) is 11.5 Å². The minimum absolute atomic E-state index is 0.0283. The molecule has 1 amide bonds. The Morgan fingerprint density at radius 3 is 2.59 bits per heavy atom. The number of rotatable bonds is 8. The molecule has 0 saturated heterocycles. The smallest absolute Gasteiger partial charge is 0.290 e. The number of furan rings is 1. The molecule has 0 spiro atoms. The summed E-state index contributed by atoms with van der Waals surface area (Å²) in [7, 11) is 0. The molecular weight excluding hydrogens is 418 g/mol. The van der Waals surface area contributed by atoms with Crippen LogP contribution >= 0.6 is 15.9 Å². The number of ketones is 1. The lowest BCUT2D eigenvalue weighted by Gasteiger charge is -2.26. The highest BCUT2D eigenvalue weighted by Crippen LogP contribution is 2.39. The van der Waals surface area contributed by atoms with E-state index in [1.165, 1.54) is 17.2 Å². The second kappa shape index (κ2) is 8.51. The third-order valence-electron chi connectivity index (χ3n) is 4.19. The lowest BCUT2D eigenvalue weighted by atomic mass is 9.95. The molecular formula is C19H18BrNO6. The molecule has 0 saturated carbocycles. The van der Waals surface area contributed by atoms with Crippen molar-refractivity contribution in [1.29, 1.82) is 0 Å². The van der Waals surface area contributed by atoms with Crippen LogP contribution in [0.1, 0.15) is 22.2 Å². The molecule has 1 aromatic carbocycles. The van der Waals surface area contributed by atoms with Gasteiger partial charge >= 0.3 is 0 Å². The molecule has 0 bridgehead atoms. The van der Waals surface area contributed by atoms with Crippen LogP contribution in [0.25, 0.3) is 0 Å². The molecule has 27 heavy (non-hydrogen) atoms. The summed E-state index contributed by atoms with van der Waals surface area (Å²) in [6.45, 7) is 0.325. The number of carbonyl (C=O) groups is 2. The summed E-state index contributed by atoms with van der Waals surface area (Å²) in [4.78, 5) is 26.9. The molecule has 1 aliphatic heterocycles. The van der Waals surface area contributed by atoms with Crippen LogP contribution in [0.3, 0.4) is 0 Å². The predicted molar refractivity (Wildman–Crippen MR) is 99.2 cm³/mol. The van der Waals surface area contributed by atoms with Crippen LogP contribution in [0.5, 0.6) is 0 Å². The lowest BCUT2D eigenvalue weighted by molar-refractivity contribution is -0.130. The van der Waals surface area contributed by atoms with Gasteiger partial charge in [0.2, 0.25) is 5.78 Å². The average molecular weight is 436 g/mol. The summed E-state index contributed by atoms with van der Waals surface area (Å²) in [5.41, 5.74) is 0.645. The molecule has 7 nitrogen and oxygen atoms in total. The second-order valence-electron chi connectivity index (χ2n) is 5.86. The Hall–Kier alpha value is -2.42. The van der Waals surface area contributed by atoms with E-state index in [1.807, 2.05) is 0 Å². The minimum atomic E-state index is -0.763. The fraction of sp³-hybridized carbons (Fsp3) is 0.263. The van der Waals surface area contributed by atoms with Gasteiger partial charge in [-0.05, 0) is 29.8 Å². The number of carbonyl (C=O) groups excluding carboxylic acids is 2. The van der Waals surface area contributed by atoms with E-state index in [4.69, 9.17) is 14.3 Å². The summed E-state index contributed by atoms with van der Waals surface area (Å²) in [6, 6.07) is 9.43. The molecule has 2 aromatic rings. The van der Waals surface area contributed by atoms with Crippen molar-refractivity contribution >= 4 is 27.6 Å². The summed E-state index contributed by atoms with van der Waals surface area (Å²) in [5.74, 6) is -1.74. The maximum atomic E-state index is 12.9. The summed E-state index contributed by atoms with van der Waals surface area (Å²) in [6.07, 6.45) is 1.36. The van der Waals surface area contributed by atoms with Gasteiger partial charge in [-0.1, -0.05) is 28.1 Å². The van der Waals surface area contributed by atoms with Gasteiger partial charge < -0.3 is 24.3 Å². The van der Waals surface area contributed by atoms with Crippen molar-refractivity contribution in [1.82, 2.24) is 4.90 Å². The van der Waals surface area contributed by atoms with E-state index in [0.29, 0.717) is 5.56 Å². The number of hydrogen-bond acceptors (Lipinski definition) is 6. The highest BCUT2D eigenvalue weighted by Gasteiger charge is 2.44. The van der Waals surface area contributed by atoms with Gasteiger partial charge in [-0.15, -0.1) is 0 Å². The van der Waals surface area contributed by atoms with E-state index >= 15 is 0 Å². The zero-order valence-corrected chi connectivity index (χ0v) is 15.9. The first-order valence-electron chi connectivity index (χ1n) is 8.31. The summed E-state index contributed by atoms with van der Waals surface area (Å²) in [5, 5.41) is 19.2. The largest absolute Gasteiger partial charge is 0.503 e. The Labute approximate surface area is 164 Å². The monoisotopic (exact) mass is 435 g/mol. The molecule has 0 radical (unpaired) electrons. The molecule has 0 unspecified atom stereocenters. The number of Topliss-reactive ketones (excluding diaryl/α,β-unsaturated/α-hetero) is 1. The van der Waals surface area contributed by atoms with Crippen LogP contribution in [0.4, 0.5) is 0 Å². The van der Waals surface area contributed by atoms with Crippen molar-refractivity contribution in [3.8, 4) is 0 Å². The van der Waals surface area contributed by atoms with E-state index in [2.05, 4.69) is 15.9 Å². The van der Waals surface area contributed by atoms with E-state index in [-0.39, 0.29) is 37.7 Å². The topological polar surface area (TPSA) is 100 Å². The van der Waals surface area contributed by atoms with Gasteiger partial charge in [0.1, 0.15) is 0 Å². The van der Waals surface area contributed by atoms with Gasteiger partial charge in [-0.2, -0.15) is 0 Å². The number of benzene rings is 1. The van der Waals surface area contributed by atoms with Crippen molar-refractivity contribution in [2.75, 3.05) is 26.4 Å². The van der Waals surface area contributed by atoms with Crippen molar-refractivity contribution < 1.29 is 29.0 Å². The third kappa shape index (κ3) is 3.97. The highest BCUT2D eigenvalue weighted by atomic mass is 79.9. The van der Waals surface area contributed by atoms with Crippen LogP contribution < -0.4 is 0 Å². The first-order chi connectivity index (χ1) is 13.0. The Kier molecular flexibility index (Phi) is 6.10. The number of aliphatic hydroxyl groups excluding tert-OH is 2. The Morgan fingerprint density at radius 1 is 1.22 bits per heavy atom. The Bertz CT molecular complexity index is 844. The van der Waals surface area contributed by atoms with Gasteiger partial charge in [-0.25, -0.2) is 0 Å². The highest BCUT2D eigenvalue weighted by molar-refractivity contribution is 9.10. The number of aliphatic hydroxyl groups is 2. The second-order valence-corrected chi connectivity index (χ2v) is 6.77. The zero-order chi connectivity index (χ0) is 19.4. The molecule has 142 valence electrons. The van der Waals surface area contributed by atoms with Crippen LogP contribution in [0, 0.1) is 0 Å². The third-order valence-corrected chi connectivity index (χ3v) is 4.72. The van der Waals surface area contributed by atoms with Crippen molar-refractivity contribution in [3.63, 3.8) is 0 Å². The Morgan fingerprint density at radius 2 is 1.96 bits per heavy atom. The molecule has 0 fully saturated rings. The van der Waals surface area contributed by atoms with Crippen LogP contribution in [0.2, 0.25) is 0 Å². The molecule has 8 heteroatoms. The minimum Gasteiger partial charge on any atom is -0.503 e. The van der Waals surface area contributed by atoms with Crippen LogP contribution in [-0.2, 0) is 9.53 Å². The normalized spacial score (nSPS) is 17.0. The number of halogens is 1. The molecule has 2 heterocycles. The van der Waals surface area contributed by atoms with Crippen molar-refractivity contribution in [2.24, 2.45) is 0 Å². The van der Waals surface area contributed by atoms with E-state index in [9.17, 15) is 14.7 Å². The molecule has 1 aliphatic rings. The van der Waals surface area contributed by atoms with E-state index < -0.39 is 23.5 Å². The fourth-order valence-electron chi connectivity index (χ4n) is 2.98. The number of hydrogen-bond donors (Lipinski definition) is 2. The SMILES string of the molecule is O=C(C1=C(O)C(=O)N(CCOCCO)[C@H]1c1ccc(Br)cc1)c1ccco1. The van der Waals surface area contributed by atoms with Gasteiger partial charge in [0, 0.05) is 11.0 Å². The molecule has 1 atom stereocenters. The fourth-order valence-corrected chi connectivity index (χ4v) is 3.24. The van der Waals surface area contributed by atoms with Crippen LogP contribution in [0.15, 0.2) is 62.9 Å². The molecule has 3 rings (SSSR count). The first-order valence-corrected chi connectivity index (χ1v) is 9.10. The molecule has 2 N–H and O–H groups in total. The van der Waals surface area contributed by atoms with Crippen molar-refractivity contribution in [3.05, 3.63) is 69.8 Å². The number of nitrogens with zero attached hydrogens (tertiary/aromatic N) is 1. The quantitative estimate of drug-likeness (QED) is 0.488. The summed E-state index contributed by atoms with van der Waals surface area (Å²) >= 11 is 3.36. The average Bonchev–Trinajstić information content (AvgIpc) is 3.28. The maximum absolute atomic E-state index is 12.9. The van der Waals surface area contributed by atoms with E-state index in [1.54, 1.807) is 30.3 Å². The zero-order valence-electron chi connectivity index (χ0n) is 14.3. The van der Waals surface area contributed by atoms with Crippen LogP contribution in [-0.4, -0.2) is 53.2 Å². The lowest BCUT2D eigenvalue weighted by Crippen LogP contribution is -2.34. The maximum Gasteiger partial charge on any atom is 0.290 e. The molecule has 1 aromatic heterocycles. The number of ether oxygens (including phenoxy) is 1. The number of amides is 1. The summed E-state index contributed by atoms with van der Waals surface area (Å²) < 4.78 is 11.3. The van der Waals surface area contributed by atoms with Gasteiger partial charge in [0.25, 0.3) is 5.91 Å². The Balaban J connectivity index is 1.96. The van der Waals surface area contributed by atoms with Gasteiger partial charge in [0.05, 0.1) is 37.7 Å². The predicted octanol–water partition coefficient (Wildman–Crippen LogP) is 2.63. The molecule has 0 aliphatic carbocycles. The standard InChI is InChI=1S/C19H18BrNO6/c20-13-5-3-12(4-6-13)16-15(17(23)14-2-1-9-27-14)18(24)19(25)21(16)7-10-26-11-8-22/h1-6,9,16,22,24H,7-8,10-11H2/t16-/m0/s1. The first kappa shape index (κ1) is 19.3. The van der Waals surface area contributed by atoms with E-state index in [0.717, 1.165) is 4.47 Å².